The Morgan fingerprint density at radius 1 is 1.26 bits per heavy atom. The van der Waals surface area contributed by atoms with E-state index >= 15 is 0 Å². The van der Waals surface area contributed by atoms with Crippen molar-refractivity contribution in [2.45, 2.75) is 0 Å². The van der Waals surface area contributed by atoms with Gasteiger partial charge in [-0.1, -0.05) is 65.6 Å². The number of hydrogen-bond donors (Lipinski definition) is 0. The van der Waals surface area contributed by atoms with E-state index in [2.05, 4.69) is 9.97 Å². The molecule has 3 aromatic rings. The van der Waals surface area contributed by atoms with Crippen LogP contribution in [0.5, 0.6) is 0 Å². The summed E-state index contributed by atoms with van der Waals surface area (Å²) in [6.07, 6.45) is 1.61. The Balaban J connectivity index is 1.68. The molecule has 0 atom stereocenters. The maximum absolute atomic E-state index is 12.0. The number of thioether (sulfide) groups is 1. The predicted octanol–water partition coefficient (Wildman–Crippen LogP) is 3.78. The minimum Gasteiger partial charge on any atom is -0.417 e. The number of carbonyl (C=O) groups excluding carboxylic acids is 1. The molecule has 1 aromatic carbocycles. The third-order valence-corrected chi connectivity index (χ3v) is 5.72. The van der Waals surface area contributed by atoms with Crippen LogP contribution in [0.1, 0.15) is 5.89 Å². The molecule has 0 spiro atoms. The minimum atomic E-state index is -0.139. The van der Waals surface area contributed by atoms with Gasteiger partial charge < -0.3 is 4.42 Å². The van der Waals surface area contributed by atoms with E-state index in [1.807, 2.05) is 30.3 Å². The molecule has 0 bridgehead atoms. The van der Waals surface area contributed by atoms with Gasteiger partial charge in [-0.15, -0.1) is 0 Å². The van der Waals surface area contributed by atoms with E-state index in [0.29, 0.717) is 25.7 Å². The zero-order valence-corrected chi connectivity index (χ0v) is 14.3. The maximum Gasteiger partial charge on any atom is 0.266 e. The van der Waals surface area contributed by atoms with Crippen molar-refractivity contribution < 1.29 is 9.21 Å². The quantitative estimate of drug-likeness (QED) is 0.513. The number of carbonyl (C=O) groups is 1. The molecule has 0 unspecified atom stereocenters. The van der Waals surface area contributed by atoms with Crippen LogP contribution in [0.2, 0.25) is 0 Å². The van der Waals surface area contributed by atoms with Gasteiger partial charge in [-0.3, -0.25) is 9.69 Å². The number of oxazole rings is 1. The average Bonchev–Trinajstić information content (AvgIpc) is 3.17. The Morgan fingerprint density at radius 3 is 2.70 bits per heavy atom. The van der Waals surface area contributed by atoms with Crippen LogP contribution in [0.25, 0.3) is 27.2 Å². The smallest absolute Gasteiger partial charge is 0.266 e. The van der Waals surface area contributed by atoms with Gasteiger partial charge in [0.25, 0.3) is 11.6 Å². The summed E-state index contributed by atoms with van der Waals surface area (Å²) in [5, 5.41) is 0.860. The summed E-state index contributed by atoms with van der Waals surface area (Å²) in [6, 6.07) is 9.87. The largest absolute Gasteiger partial charge is 0.417 e. The van der Waals surface area contributed by atoms with Crippen LogP contribution in [-0.2, 0) is 4.79 Å². The molecule has 5 nitrogen and oxygen atoms in total. The number of amides is 1. The fraction of sp³-hybridized carbons (Fsp3) is 0.0667. The number of fused-ring (bicyclic) bond motifs is 1. The molecule has 0 aliphatic carbocycles. The molecular formula is C15H9N3O2S3. The van der Waals surface area contributed by atoms with Crippen molar-refractivity contribution in [2.24, 2.45) is 0 Å². The Kier molecular flexibility index (Phi) is 3.51. The van der Waals surface area contributed by atoms with E-state index in [1.54, 1.807) is 13.1 Å². The second kappa shape index (κ2) is 5.55. The predicted molar refractivity (Wildman–Crippen MR) is 96.1 cm³/mol. The first-order valence-corrected chi connectivity index (χ1v) is 8.70. The highest BCUT2D eigenvalue weighted by molar-refractivity contribution is 8.26. The Labute approximate surface area is 145 Å². The number of thiocarbonyl (C=S) groups is 1. The fourth-order valence-corrected chi connectivity index (χ4v) is 4.10. The van der Waals surface area contributed by atoms with Crippen molar-refractivity contribution in [3.05, 3.63) is 41.1 Å². The van der Waals surface area contributed by atoms with Gasteiger partial charge >= 0.3 is 0 Å². The summed E-state index contributed by atoms with van der Waals surface area (Å²) in [7, 11) is 1.65. The maximum atomic E-state index is 12.0. The summed E-state index contributed by atoms with van der Waals surface area (Å²) >= 11 is 7.80. The normalized spacial score (nSPS) is 16.9. The lowest BCUT2D eigenvalue weighted by Gasteiger charge is -2.03. The summed E-state index contributed by atoms with van der Waals surface area (Å²) in [5.41, 5.74) is 1.51. The van der Waals surface area contributed by atoms with Gasteiger partial charge in [0.05, 0.1) is 4.91 Å². The van der Waals surface area contributed by atoms with Crippen LogP contribution in [0, 0.1) is 0 Å². The molecule has 4 rings (SSSR count). The first-order valence-electron chi connectivity index (χ1n) is 6.66. The van der Waals surface area contributed by atoms with Crippen molar-refractivity contribution >= 4 is 62.2 Å². The number of aromatic nitrogens is 2. The Morgan fingerprint density at radius 2 is 2.04 bits per heavy atom. The molecular weight excluding hydrogens is 350 g/mol. The number of rotatable bonds is 2. The van der Waals surface area contributed by atoms with Crippen LogP contribution in [-0.4, -0.2) is 32.1 Å². The van der Waals surface area contributed by atoms with Crippen molar-refractivity contribution in [3.63, 3.8) is 0 Å². The third kappa shape index (κ3) is 2.58. The van der Waals surface area contributed by atoms with Gasteiger partial charge in [0, 0.05) is 18.7 Å². The first-order chi connectivity index (χ1) is 11.1. The molecule has 0 N–H and O–H groups in total. The van der Waals surface area contributed by atoms with E-state index < -0.39 is 0 Å². The fourth-order valence-electron chi connectivity index (χ4n) is 2.08. The molecule has 0 radical (unpaired) electrons. The molecule has 1 amide bonds. The molecule has 8 heteroatoms. The molecule has 1 aliphatic heterocycles. The number of hydrogen-bond acceptors (Lipinski definition) is 7. The standard InChI is InChI=1S/C15H9N3O2S3/c1-18-14(19)9(22-15(18)21)7-10-16-13-11(20-10)17-12(23-13)8-5-3-2-4-6-8/h2-7H,1H3/b9-7+. The van der Waals surface area contributed by atoms with Crippen molar-refractivity contribution in [3.8, 4) is 10.6 Å². The molecule has 0 saturated carbocycles. The van der Waals surface area contributed by atoms with E-state index in [1.165, 1.54) is 28.0 Å². The van der Waals surface area contributed by atoms with E-state index in [-0.39, 0.29) is 5.91 Å². The van der Waals surface area contributed by atoms with Crippen LogP contribution in [0.4, 0.5) is 0 Å². The second-order valence-electron chi connectivity index (χ2n) is 4.79. The highest BCUT2D eigenvalue weighted by Gasteiger charge is 2.29. The number of benzene rings is 1. The van der Waals surface area contributed by atoms with Gasteiger partial charge in [0.2, 0.25) is 5.89 Å². The van der Waals surface area contributed by atoms with Crippen molar-refractivity contribution in [1.82, 2.24) is 14.9 Å². The topological polar surface area (TPSA) is 59.2 Å². The van der Waals surface area contributed by atoms with Gasteiger partial charge in [-0.2, -0.15) is 9.97 Å². The van der Waals surface area contributed by atoms with Gasteiger partial charge in [0.15, 0.2) is 4.83 Å². The van der Waals surface area contributed by atoms with Gasteiger partial charge in [0.1, 0.15) is 9.33 Å². The highest BCUT2D eigenvalue weighted by Crippen LogP contribution is 2.33. The van der Waals surface area contributed by atoms with Crippen LogP contribution in [0.15, 0.2) is 39.7 Å². The van der Waals surface area contributed by atoms with Gasteiger partial charge in [-0.25, -0.2) is 0 Å². The summed E-state index contributed by atoms with van der Waals surface area (Å²) in [6.45, 7) is 0. The molecule has 1 aliphatic rings. The van der Waals surface area contributed by atoms with Crippen LogP contribution < -0.4 is 0 Å². The average molecular weight is 359 g/mol. The molecule has 23 heavy (non-hydrogen) atoms. The number of thiazole rings is 1. The molecule has 1 saturated heterocycles. The van der Waals surface area contributed by atoms with E-state index in [4.69, 9.17) is 16.6 Å². The summed E-state index contributed by atoms with van der Waals surface area (Å²) in [4.78, 5) is 23.5. The SMILES string of the molecule is CN1C(=O)/C(=C\c2nc3sc(-c4ccccc4)nc3o2)SC1=S. The molecule has 3 heterocycles. The van der Waals surface area contributed by atoms with Crippen LogP contribution >= 0.6 is 35.3 Å². The number of likely N-dealkylation sites (N-methyl/N-ethyl adjacent to an activating group) is 1. The zero-order chi connectivity index (χ0) is 16.0. The van der Waals surface area contributed by atoms with Crippen molar-refractivity contribution in [2.75, 3.05) is 7.05 Å². The zero-order valence-electron chi connectivity index (χ0n) is 11.8. The lowest BCUT2D eigenvalue weighted by molar-refractivity contribution is -0.121. The highest BCUT2D eigenvalue weighted by atomic mass is 32.2. The Hall–Kier alpha value is -2.03. The third-order valence-electron chi connectivity index (χ3n) is 3.25. The Bertz CT molecular complexity index is 927. The molecule has 2 aromatic heterocycles. The number of nitrogens with zero attached hydrogens (tertiary/aromatic N) is 3. The molecule has 114 valence electrons. The van der Waals surface area contributed by atoms with E-state index in [0.717, 1.165) is 10.6 Å². The summed E-state index contributed by atoms with van der Waals surface area (Å²) < 4.78 is 6.16. The van der Waals surface area contributed by atoms with E-state index in [9.17, 15) is 4.79 Å². The monoisotopic (exact) mass is 359 g/mol. The summed E-state index contributed by atoms with van der Waals surface area (Å²) in [5.74, 6) is 0.229. The van der Waals surface area contributed by atoms with Gasteiger partial charge in [-0.05, 0) is 0 Å². The lowest BCUT2D eigenvalue weighted by Crippen LogP contribution is -2.22. The lowest BCUT2D eigenvalue weighted by atomic mass is 10.2. The minimum absolute atomic E-state index is 0.139. The van der Waals surface area contributed by atoms with Crippen molar-refractivity contribution in [1.29, 1.82) is 0 Å². The first kappa shape index (κ1) is 14.6. The van der Waals surface area contributed by atoms with Crippen LogP contribution in [0.3, 0.4) is 0 Å². The second-order valence-corrected chi connectivity index (χ2v) is 7.44. The molecule has 1 fully saturated rings.